The Morgan fingerprint density at radius 2 is 1.65 bits per heavy atom. The first-order valence-corrected chi connectivity index (χ1v) is 15.2. The fourth-order valence-corrected chi connectivity index (χ4v) is 6.09. The Balaban J connectivity index is 1.94. The molecule has 10 atom stereocenters. The van der Waals surface area contributed by atoms with Gasteiger partial charge in [0.2, 0.25) is 23.1 Å². The Morgan fingerprint density at radius 1 is 1.02 bits per heavy atom. The van der Waals surface area contributed by atoms with Gasteiger partial charge in [-0.05, 0) is 48.7 Å². The third kappa shape index (κ3) is 6.97. The summed E-state index contributed by atoms with van der Waals surface area (Å²) in [6.07, 6.45) is -9.53. The molecular weight excluding hydrogens is 608 g/mol. The van der Waals surface area contributed by atoms with Crippen LogP contribution in [-0.4, -0.2) is 107 Å². The van der Waals surface area contributed by atoms with E-state index in [1.165, 1.54) is 0 Å². The summed E-state index contributed by atoms with van der Waals surface area (Å²) in [5.41, 5.74) is -6.37. The van der Waals surface area contributed by atoms with Crippen LogP contribution in [0.5, 0.6) is 0 Å². The van der Waals surface area contributed by atoms with Crippen molar-refractivity contribution < 1.29 is 69.1 Å². The van der Waals surface area contributed by atoms with Gasteiger partial charge >= 0.3 is 23.9 Å². The van der Waals surface area contributed by atoms with E-state index in [0.29, 0.717) is 12.8 Å². The maximum absolute atomic E-state index is 12.9. The van der Waals surface area contributed by atoms with Gasteiger partial charge in [-0.2, -0.15) is 0 Å². The van der Waals surface area contributed by atoms with Gasteiger partial charge in [0.15, 0.2) is 6.10 Å². The van der Waals surface area contributed by atoms with Crippen LogP contribution in [-0.2, 0) is 39.8 Å². The number of carbonyl (C=O) groups is 4. The lowest BCUT2D eigenvalue weighted by molar-refractivity contribution is -0.374. The lowest BCUT2D eigenvalue weighted by Gasteiger charge is -2.48. The van der Waals surface area contributed by atoms with Crippen LogP contribution in [0.25, 0.3) is 0 Å². The van der Waals surface area contributed by atoms with Gasteiger partial charge in [-0.25, -0.2) is 14.4 Å². The molecule has 0 aromatic heterocycles. The highest BCUT2D eigenvalue weighted by molar-refractivity contribution is 5.98. The average Bonchev–Trinajstić information content (AvgIpc) is 3.22. The number of fused-ring (bicyclic) bond motifs is 2. The molecule has 14 heteroatoms. The molecule has 14 nitrogen and oxygen atoms in total. The van der Waals surface area contributed by atoms with E-state index in [9.17, 15) is 54.9 Å². The molecule has 1 aromatic rings. The van der Waals surface area contributed by atoms with E-state index >= 15 is 0 Å². The van der Waals surface area contributed by atoms with Crippen molar-refractivity contribution in [2.24, 2.45) is 11.8 Å². The number of aliphatic hydroxyl groups excluding tert-OH is 3. The highest BCUT2D eigenvalue weighted by Gasteiger charge is 2.85. The van der Waals surface area contributed by atoms with Crippen molar-refractivity contribution in [2.75, 3.05) is 0 Å². The normalized spacial score (nSPS) is 31.3. The number of aliphatic hydroxyl groups is 4. The summed E-state index contributed by atoms with van der Waals surface area (Å²) in [5.74, 6) is -10.8. The second kappa shape index (κ2) is 14.6. The lowest BCUT2D eigenvalue weighted by atomic mass is 9.74. The second-order valence-corrected chi connectivity index (χ2v) is 12.4. The molecule has 0 amide bonds. The SMILES string of the molecule is C=C(CCC12OC(C(=O)O)C(O)(C(=O)O)C(C(=O)O)(O1)C(OC(=O)CC(O)CCC(C)CC)C2O)C(O)C(C)Cc1ccccc1. The van der Waals surface area contributed by atoms with Gasteiger partial charge < -0.3 is 50.0 Å². The topological polar surface area (TPSA) is 238 Å². The van der Waals surface area contributed by atoms with E-state index in [1.54, 1.807) is 6.92 Å². The van der Waals surface area contributed by atoms with E-state index in [4.69, 9.17) is 14.2 Å². The minimum Gasteiger partial charge on any atom is -0.479 e. The first-order valence-electron chi connectivity index (χ1n) is 15.2. The fourth-order valence-electron chi connectivity index (χ4n) is 6.09. The standard InChI is InChI=1S/C32H44O14/c1-5-17(2)11-12-21(33)16-22(34)44-25-24(36)30(14-13-18(3)23(35)19(4)15-20-9-7-6-8-10-20)45-26(27(37)38)31(43,28(39)40)32(25,46-30)29(41)42/h6-10,17,19,21,23-26,33,35-36,43H,3,5,11-16H2,1-2,4H3,(H,37,38)(H,39,40)(H,41,42). The van der Waals surface area contributed by atoms with E-state index in [1.807, 2.05) is 44.2 Å². The van der Waals surface area contributed by atoms with Gasteiger partial charge in [-0.3, -0.25) is 4.79 Å². The average molecular weight is 653 g/mol. The van der Waals surface area contributed by atoms with Crippen molar-refractivity contribution in [2.45, 2.75) is 113 Å². The van der Waals surface area contributed by atoms with E-state index in [2.05, 4.69) is 6.58 Å². The summed E-state index contributed by atoms with van der Waals surface area (Å²) < 4.78 is 16.2. The van der Waals surface area contributed by atoms with Gasteiger partial charge in [-0.15, -0.1) is 0 Å². The minimum absolute atomic E-state index is 0.175. The van der Waals surface area contributed by atoms with Crippen molar-refractivity contribution >= 4 is 23.9 Å². The summed E-state index contributed by atoms with van der Waals surface area (Å²) >= 11 is 0. The molecule has 2 bridgehead atoms. The fraction of sp³-hybridized carbons (Fsp3) is 0.625. The van der Waals surface area contributed by atoms with Crippen LogP contribution in [0, 0.1) is 11.8 Å². The number of carbonyl (C=O) groups excluding carboxylic acids is 1. The van der Waals surface area contributed by atoms with Gasteiger partial charge in [0.1, 0.15) is 6.10 Å². The summed E-state index contributed by atoms with van der Waals surface area (Å²) in [7, 11) is 0. The maximum atomic E-state index is 12.9. The molecule has 3 rings (SSSR count). The number of benzene rings is 1. The molecule has 10 unspecified atom stereocenters. The van der Waals surface area contributed by atoms with E-state index < -0.39 is 84.2 Å². The molecule has 2 fully saturated rings. The molecule has 2 saturated heterocycles. The van der Waals surface area contributed by atoms with Crippen LogP contribution in [0.4, 0.5) is 0 Å². The molecular formula is C32H44O14. The third-order valence-corrected chi connectivity index (χ3v) is 9.11. The van der Waals surface area contributed by atoms with Crippen molar-refractivity contribution in [1.82, 2.24) is 0 Å². The zero-order valence-electron chi connectivity index (χ0n) is 26.1. The quantitative estimate of drug-likeness (QED) is 0.0927. The van der Waals surface area contributed by atoms with Crippen molar-refractivity contribution in [3.63, 3.8) is 0 Å². The molecule has 0 aliphatic carbocycles. The molecule has 2 heterocycles. The van der Waals surface area contributed by atoms with Crippen molar-refractivity contribution in [3.05, 3.63) is 48.0 Å². The number of hydrogen-bond acceptors (Lipinski definition) is 11. The Morgan fingerprint density at radius 3 is 2.20 bits per heavy atom. The molecule has 1 aromatic carbocycles. The highest BCUT2D eigenvalue weighted by atomic mass is 16.8. The lowest BCUT2D eigenvalue weighted by Crippen LogP contribution is -2.78. The number of rotatable bonds is 17. The highest BCUT2D eigenvalue weighted by Crippen LogP contribution is 2.56. The Labute approximate surface area is 266 Å². The molecule has 0 radical (unpaired) electrons. The zero-order chi connectivity index (χ0) is 34.6. The van der Waals surface area contributed by atoms with E-state index in [-0.39, 0.29) is 30.3 Å². The third-order valence-electron chi connectivity index (χ3n) is 9.11. The van der Waals surface area contributed by atoms with Crippen LogP contribution in [0.1, 0.15) is 64.9 Å². The van der Waals surface area contributed by atoms with Gasteiger partial charge in [0, 0.05) is 6.42 Å². The van der Waals surface area contributed by atoms with Crippen LogP contribution in [0.15, 0.2) is 42.5 Å². The Bertz CT molecular complexity index is 1280. The summed E-state index contributed by atoms with van der Waals surface area (Å²) in [6, 6.07) is 9.26. The predicted molar refractivity (Wildman–Crippen MR) is 158 cm³/mol. The Hall–Kier alpha value is -3.40. The minimum atomic E-state index is -3.91. The molecule has 0 spiro atoms. The first kappa shape index (κ1) is 37.1. The van der Waals surface area contributed by atoms with Crippen LogP contribution < -0.4 is 0 Å². The number of carboxylic acid groups (broad SMARTS) is 3. The summed E-state index contributed by atoms with van der Waals surface area (Å²) in [6.45, 7) is 9.52. The number of hydrogen-bond donors (Lipinski definition) is 7. The van der Waals surface area contributed by atoms with Gasteiger partial charge in [0.25, 0.3) is 0 Å². The van der Waals surface area contributed by atoms with Crippen molar-refractivity contribution in [1.29, 1.82) is 0 Å². The monoisotopic (exact) mass is 652 g/mol. The van der Waals surface area contributed by atoms with Crippen molar-refractivity contribution in [3.8, 4) is 0 Å². The molecule has 0 saturated carbocycles. The second-order valence-electron chi connectivity index (χ2n) is 12.4. The maximum Gasteiger partial charge on any atom is 0.344 e. The van der Waals surface area contributed by atoms with Crippen LogP contribution >= 0.6 is 0 Å². The van der Waals surface area contributed by atoms with E-state index in [0.717, 1.165) is 12.0 Å². The molecule has 256 valence electrons. The van der Waals surface area contributed by atoms with Crippen LogP contribution in [0.2, 0.25) is 0 Å². The zero-order valence-corrected chi connectivity index (χ0v) is 26.1. The predicted octanol–water partition coefficient (Wildman–Crippen LogP) is 1.26. The van der Waals surface area contributed by atoms with Crippen LogP contribution in [0.3, 0.4) is 0 Å². The molecule has 7 N–H and O–H groups in total. The molecule has 2 aliphatic heterocycles. The number of ether oxygens (including phenoxy) is 3. The first-order chi connectivity index (χ1) is 21.5. The number of carboxylic acids is 3. The Kier molecular flexibility index (Phi) is 11.7. The molecule has 2 aliphatic rings. The number of aliphatic carboxylic acids is 3. The largest absolute Gasteiger partial charge is 0.479 e. The number of esters is 1. The summed E-state index contributed by atoms with van der Waals surface area (Å²) in [4.78, 5) is 50.5. The van der Waals surface area contributed by atoms with Gasteiger partial charge in [-0.1, -0.05) is 64.1 Å². The van der Waals surface area contributed by atoms with Gasteiger partial charge in [0.05, 0.1) is 18.6 Å². The molecule has 46 heavy (non-hydrogen) atoms. The smallest absolute Gasteiger partial charge is 0.344 e. The summed E-state index contributed by atoms with van der Waals surface area (Å²) in [5, 5.41) is 74.3.